The van der Waals surface area contributed by atoms with Gasteiger partial charge >= 0.3 is 0 Å². The molecule has 0 radical (unpaired) electrons. The minimum absolute atomic E-state index is 0.124. The Morgan fingerprint density at radius 2 is 1.88 bits per heavy atom. The van der Waals surface area contributed by atoms with Gasteiger partial charge in [-0.15, -0.1) is 10.2 Å². The first-order valence-electron chi connectivity index (χ1n) is 9.91. The molecule has 0 spiro atoms. The highest BCUT2D eigenvalue weighted by atomic mass is 79.9. The Bertz CT molecular complexity index is 1180. The predicted molar refractivity (Wildman–Crippen MR) is 129 cm³/mol. The summed E-state index contributed by atoms with van der Waals surface area (Å²) < 4.78 is 8.43. The van der Waals surface area contributed by atoms with Crippen LogP contribution < -0.4 is 10.1 Å². The summed E-state index contributed by atoms with van der Waals surface area (Å²) in [7, 11) is 0. The number of benzene rings is 2. The van der Waals surface area contributed by atoms with Gasteiger partial charge in [-0.3, -0.25) is 14.3 Å². The fourth-order valence-electron chi connectivity index (χ4n) is 3.00. The smallest absolute Gasteiger partial charge is 0.234 e. The maximum absolute atomic E-state index is 12.5. The Morgan fingerprint density at radius 3 is 2.56 bits per heavy atom. The van der Waals surface area contributed by atoms with Gasteiger partial charge in [0.15, 0.2) is 11.0 Å². The topological polar surface area (TPSA) is 81.9 Å². The monoisotopic (exact) mass is 509 g/mol. The molecule has 0 unspecified atom stereocenters. The molecular formula is C23H20BrN5O2S. The third kappa shape index (κ3) is 5.35. The van der Waals surface area contributed by atoms with Crippen LogP contribution in [0.15, 0.2) is 82.7 Å². The van der Waals surface area contributed by atoms with E-state index < -0.39 is 0 Å². The zero-order valence-corrected chi connectivity index (χ0v) is 19.6. The Kier molecular flexibility index (Phi) is 7.18. The van der Waals surface area contributed by atoms with Gasteiger partial charge in [-0.05, 0) is 67.6 Å². The quantitative estimate of drug-likeness (QED) is 0.328. The van der Waals surface area contributed by atoms with E-state index in [9.17, 15) is 4.79 Å². The van der Waals surface area contributed by atoms with Crippen LogP contribution in [0.3, 0.4) is 0 Å². The van der Waals surface area contributed by atoms with Crippen LogP contribution in [0.4, 0.5) is 5.69 Å². The Labute approximate surface area is 198 Å². The van der Waals surface area contributed by atoms with Crippen molar-refractivity contribution in [2.45, 2.75) is 12.1 Å². The number of hydrogen-bond donors (Lipinski definition) is 1. The maximum Gasteiger partial charge on any atom is 0.234 e. The molecule has 32 heavy (non-hydrogen) atoms. The lowest BCUT2D eigenvalue weighted by molar-refractivity contribution is -0.113. The van der Waals surface area contributed by atoms with Gasteiger partial charge in [-0.1, -0.05) is 27.7 Å². The Hall–Kier alpha value is -3.17. The van der Waals surface area contributed by atoms with Crippen molar-refractivity contribution < 1.29 is 9.53 Å². The average molecular weight is 510 g/mol. The molecule has 4 rings (SSSR count). The van der Waals surface area contributed by atoms with E-state index in [1.54, 1.807) is 12.4 Å². The van der Waals surface area contributed by atoms with Gasteiger partial charge in [0.05, 0.1) is 12.4 Å². The number of thioether (sulfide) groups is 1. The van der Waals surface area contributed by atoms with E-state index in [4.69, 9.17) is 4.74 Å². The molecule has 1 N–H and O–H groups in total. The first-order valence-corrected chi connectivity index (χ1v) is 11.7. The lowest BCUT2D eigenvalue weighted by Crippen LogP contribution is -2.14. The summed E-state index contributed by atoms with van der Waals surface area (Å²) in [6, 6.07) is 18.9. The summed E-state index contributed by atoms with van der Waals surface area (Å²) in [5.74, 6) is 1.51. The Balaban J connectivity index is 1.58. The zero-order chi connectivity index (χ0) is 22.3. The molecule has 0 saturated carbocycles. The van der Waals surface area contributed by atoms with Crippen molar-refractivity contribution >= 4 is 39.3 Å². The van der Waals surface area contributed by atoms with E-state index in [2.05, 4.69) is 36.4 Å². The molecule has 0 aliphatic rings. The lowest BCUT2D eigenvalue weighted by Gasteiger charge is -2.11. The zero-order valence-electron chi connectivity index (χ0n) is 17.2. The molecule has 1 amide bonds. The van der Waals surface area contributed by atoms with Crippen LogP contribution in [-0.4, -0.2) is 38.0 Å². The Morgan fingerprint density at radius 1 is 1.09 bits per heavy atom. The highest BCUT2D eigenvalue weighted by Gasteiger charge is 2.17. The summed E-state index contributed by atoms with van der Waals surface area (Å²) in [4.78, 5) is 16.7. The number of rotatable bonds is 8. The minimum Gasteiger partial charge on any atom is -0.494 e. The van der Waals surface area contributed by atoms with Crippen LogP contribution in [0.5, 0.6) is 5.75 Å². The molecule has 4 aromatic rings. The SMILES string of the molecule is CCOc1ccc(-n2c(SCC(=O)Nc3ccc(Br)cc3)nnc2-c2cccnc2)cc1. The molecule has 162 valence electrons. The van der Waals surface area contributed by atoms with Crippen LogP contribution in [0.25, 0.3) is 17.1 Å². The van der Waals surface area contributed by atoms with Crippen LogP contribution in [0, 0.1) is 0 Å². The van der Waals surface area contributed by atoms with Crippen LogP contribution >= 0.6 is 27.7 Å². The average Bonchev–Trinajstić information content (AvgIpc) is 3.24. The van der Waals surface area contributed by atoms with Gasteiger partial charge in [0.2, 0.25) is 5.91 Å². The van der Waals surface area contributed by atoms with Crippen LogP contribution in [0.2, 0.25) is 0 Å². The second-order valence-corrected chi connectivity index (χ2v) is 8.51. The van der Waals surface area contributed by atoms with E-state index in [0.29, 0.717) is 17.6 Å². The van der Waals surface area contributed by atoms with Gasteiger partial charge in [-0.2, -0.15) is 0 Å². The third-order valence-corrected chi connectivity index (χ3v) is 5.88. The number of halogens is 1. The van der Waals surface area contributed by atoms with E-state index in [1.807, 2.05) is 72.2 Å². The van der Waals surface area contributed by atoms with Gasteiger partial charge in [-0.25, -0.2) is 0 Å². The molecule has 2 aromatic heterocycles. The molecule has 9 heteroatoms. The molecule has 0 aliphatic heterocycles. The summed E-state index contributed by atoms with van der Waals surface area (Å²) in [5, 5.41) is 12.2. The molecular weight excluding hydrogens is 490 g/mol. The van der Waals surface area contributed by atoms with E-state index in [1.165, 1.54) is 11.8 Å². The van der Waals surface area contributed by atoms with E-state index >= 15 is 0 Å². The molecule has 0 aliphatic carbocycles. The summed E-state index contributed by atoms with van der Waals surface area (Å²) in [5.41, 5.74) is 2.44. The van der Waals surface area contributed by atoms with Crippen LogP contribution in [0.1, 0.15) is 6.92 Å². The van der Waals surface area contributed by atoms with Crippen molar-refractivity contribution in [2.24, 2.45) is 0 Å². The molecule has 0 bridgehead atoms. The maximum atomic E-state index is 12.5. The first-order chi connectivity index (χ1) is 15.6. The number of amides is 1. The van der Waals surface area contributed by atoms with E-state index in [0.717, 1.165) is 27.2 Å². The van der Waals surface area contributed by atoms with E-state index in [-0.39, 0.29) is 11.7 Å². The summed E-state index contributed by atoms with van der Waals surface area (Å²) in [6.45, 7) is 2.55. The fourth-order valence-corrected chi connectivity index (χ4v) is 4.01. The summed E-state index contributed by atoms with van der Waals surface area (Å²) >= 11 is 4.71. The molecule has 2 heterocycles. The van der Waals surface area contributed by atoms with Gasteiger partial charge in [0.1, 0.15) is 5.75 Å². The first kappa shape index (κ1) is 22.0. The molecule has 0 atom stereocenters. The van der Waals surface area contributed by atoms with Crippen molar-refractivity contribution in [2.75, 3.05) is 17.7 Å². The van der Waals surface area contributed by atoms with Gasteiger partial charge in [0.25, 0.3) is 0 Å². The number of nitrogens with zero attached hydrogens (tertiary/aromatic N) is 4. The van der Waals surface area contributed by atoms with Crippen molar-refractivity contribution in [3.63, 3.8) is 0 Å². The second-order valence-electron chi connectivity index (χ2n) is 6.65. The lowest BCUT2D eigenvalue weighted by atomic mass is 10.2. The number of nitrogens with one attached hydrogen (secondary N) is 1. The number of ether oxygens (including phenoxy) is 1. The summed E-state index contributed by atoms with van der Waals surface area (Å²) in [6.07, 6.45) is 3.45. The van der Waals surface area contributed by atoms with Crippen molar-refractivity contribution in [1.29, 1.82) is 0 Å². The third-order valence-electron chi connectivity index (χ3n) is 4.42. The number of carbonyl (C=O) groups excluding carboxylic acids is 1. The standard InChI is InChI=1S/C23H20BrN5O2S/c1-2-31-20-11-9-19(10-12-20)29-22(16-4-3-13-25-14-16)27-28-23(29)32-15-21(30)26-18-7-5-17(24)6-8-18/h3-14H,2,15H2,1H3,(H,26,30). The fraction of sp³-hybridized carbons (Fsp3) is 0.130. The highest BCUT2D eigenvalue weighted by molar-refractivity contribution is 9.10. The number of pyridine rings is 1. The highest BCUT2D eigenvalue weighted by Crippen LogP contribution is 2.28. The predicted octanol–water partition coefficient (Wildman–Crippen LogP) is 5.22. The minimum atomic E-state index is -0.124. The molecule has 0 fully saturated rings. The van der Waals surface area contributed by atoms with Crippen LogP contribution in [-0.2, 0) is 4.79 Å². The molecule has 0 saturated heterocycles. The van der Waals surface area contributed by atoms with Crippen molar-refractivity contribution in [1.82, 2.24) is 19.7 Å². The number of hydrogen-bond acceptors (Lipinski definition) is 6. The number of aromatic nitrogens is 4. The largest absolute Gasteiger partial charge is 0.494 e. The van der Waals surface area contributed by atoms with Crippen molar-refractivity contribution in [3.8, 4) is 22.8 Å². The van der Waals surface area contributed by atoms with Gasteiger partial charge in [0, 0.05) is 33.8 Å². The second kappa shape index (κ2) is 10.4. The molecule has 2 aromatic carbocycles. The van der Waals surface area contributed by atoms with Gasteiger partial charge < -0.3 is 10.1 Å². The van der Waals surface area contributed by atoms with Crippen molar-refractivity contribution in [3.05, 3.63) is 77.5 Å². The number of carbonyl (C=O) groups is 1. The number of anilines is 1. The molecule has 7 nitrogen and oxygen atoms in total. The normalized spacial score (nSPS) is 10.7.